The van der Waals surface area contributed by atoms with E-state index in [1.807, 2.05) is 24.3 Å². The zero-order valence-corrected chi connectivity index (χ0v) is 9.42. The molecule has 0 aliphatic rings. The first-order chi connectivity index (χ1) is 7.11. The van der Waals surface area contributed by atoms with Gasteiger partial charge in [0.05, 0.1) is 6.04 Å². The van der Waals surface area contributed by atoms with E-state index in [0.29, 0.717) is 6.54 Å². The second-order valence-corrected chi connectivity index (χ2v) is 3.83. The van der Waals surface area contributed by atoms with Gasteiger partial charge < -0.3 is 11.1 Å². The van der Waals surface area contributed by atoms with Gasteiger partial charge in [-0.1, -0.05) is 29.8 Å². The summed E-state index contributed by atoms with van der Waals surface area (Å²) in [4.78, 5) is 11.1. The van der Waals surface area contributed by atoms with E-state index in [4.69, 9.17) is 17.3 Å². The number of benzene rings is 1. The van der Waals surface area contributed by atoms with Crippen molar-refractivity contribution in [3.63, 3.8) is 0 Å². The summed E-state index contributed by atoms with van der Waals surface area (Å²) in [5.41, 5.74) is 6.44. The summed E-state index contributed by atoms with van der Waals surface area (Å²) in [7, 11) is 0. The molecule has 0 aromatic heterocycles. The summed E-state index contributed by atoms with van der Waals surface area (Å²) >= 11 is 5.96. The number of carbonyl (C=O) groups is 1. The van der Waals surface area contributed by atoms with Crippen molar-refractivity contribution >= 4 is 17.5 Å². The van der Waals surface area contributed by atoms with Crippen molar-refractivity contribution in [2.24, 2.45) is 5.73 Å². The average Bonchev–Trinajstić information content (AvgIpc) is 2.20. The normalized spacial score (nSPS) is 12.2. The lowest BCUT2D eigenvalue weighted by atomic mass is 10.1. The first-order valence-electron chi connectivity index (χ1n) is 4.88. The molecular formula is C11H15ClN2O. The number of nitrogens with one attached hydrogen (secondary N) is 1. The second kappa shape index (κ2) is 5.73. The zero-order valence-electron chi connectivity index (χ0n) is 8.66. The second-order valence-electron chi connectivity index (χ2n) is 3.42. The lowest BCUT2D eigenvalue weighted by molar-refractivity contribution is -0.121. The Balaban J connectivity index is 2.38. The summed E-state index contributed by atoms with van der Waals surface area (Å²) in [5.74, 6) is -0.137. The minimum Gasteiger partial charge on any atom is -0.354 e. The van der Waals surface area contributed by atoms with Crippen LogP contribution >= 0.6 is 11.6 Å². The fourth-order valence-electron chi connectivity index (χ4n) is 1.18. The molecule has 0 spiro atoms. The predicted molar refractivity (Wildman–Crippen MR) is 61.8 cm³/mol. The number of hydrogen-bond acceptors (Lipinski definition) is 2. The van der Waals surface area contributed by atoms with Gasteiger partial charge >= 0.3 is 0 Å². The number of halogens is 1. The number of amides is 1. The van der Waals surface area contributed by atoms with E-state index in [0.717, 1.165) is 17.0 Å². The molecule has 0 radical (unpaired) electrons. The summed E-state index contributed by atoms with van der Waals surface area (Å²) in [6.45, 7) is 2.22. The van der Waals surface area contributed by atoms with Crippen LogP contribution in [0.1, 0.15) is 12.5 Å². The molecule has 1 amide bonds. The Hall–Kier alpha value is -1.06. The fraction of sp³-hybridized carbons (Fsp3) is 0.364. The van der Waals surface area contributed by atoms with Gasteiger partial charge in [0.1, 0.15) is 0 Å². The summed E-state index contributed by atoms with van der Waals surface area (Å²) in [5, 5.41) is 3.46. The maximum atomic E-state index is 11.1. The third kappa shape index (κ3) is 3.90. The van der Waals surface area contributed by atoms with Gasteiger partial charge in [-0.3, -0.25) is 4.79 Å². The standard InChI is InChI=1S/C11H15ClN2O/c1-8(13)11(15)14-7-6-9-4-2-3-5-10(9)12/h2-5,8H,6-7,13H2,1H3,(H,14,15)/t8-/m1/s1. The Kier molecular flexibility index (Phi) is 4.59. The Morgan fingerprint density at radius 3 is 2.80 bits per heavy atom. The first kappa shape index (κ1) is 12.0. The lowest BCUT2D eigenvalue weighted by Gasteiger charge is -2.08. The highest BCUT2D eigenvalue weighted by Crippen LogP contribution is 2.14. The zero-order chi connectivity index (χ0) is 11.3. The predicted octanol–water partition coefficient (Wildman–Crippen LogP) is 1.35. The van der Waals surface area contributed by atoms with Gasteiger partial charge in [-0.25, -0.2) is 0 Å². The topological polar surface area (TPSA) is 55.1 Å². The molecule has 0 heterocycles. The molecule has 0 fully saturated rings. The Labute approximate surface area is 94.6 Å². The van der Waals surface area contributed by atoms with E-state index in [-0.39, 0.29) is 5.91 Å². The van der Waals surface area contributed by atoms with Crippen LogP contribution in [0.3, 0.4) is 0 Å². The number of carbonyl (C=O) groups excluding carboxylic acids is 1. The number of hydrogen-bond donors (Lipinski definition) is 2. The number of rotatable bonds is 4. The van der Waals surface area contributed by atoms with Gasteiger partial charge in [0.15, 0.2) is 0 Å². The highest BCUT2D eigenvalue weighted by atomic mass is 35.5. The minimum absolute atomic E-state index is 0.137. The molecule has 1 aromatic carbocycles. The van der Waals surface area contributed by atoms with Crippen LogP contribution in [-0.2, 0) is 11.2 Å². The van der Waals surface area contributed by atoms with E-state index in [1.54, 1.807) is 6.92 Å². The molecular weight excluding hydrogens is 212 g/mol. The third-order valence-corrected chi connectivity index (χ3v) is 2.43. The molecule has 1 aromatic rings. The molecule has 82 valence electrons. The van der Waals surface area contributed by atoms with Crippen molar-refractivity contribution in [1.82, 2.24) is 5.32 Å². The van der Waals surface area contributed by atoms with Crippen molar-refractivity contribution in [3.8, 4) is 0 Å². The molecule has 3 nitrogen and oxygen atoms in total. The van der Waals surface area contributed by atoms with Crippen molar-refractivity contribution in [1.29, 1.82) is 0 Å². The molecule has 0 aliphatic carbocycles. The fourth-order valence-corrected chi connectivity index (χ4v) is 1.41. The SMILES string of the molecule is C[C@@H](N)C(=O)NCCc1ccccc1Cl. The highest BCUT2D eigenvalue weighted by molar-refractivity contribution is 6.31. The van der Waals surface area contributed by atoms with Gasteiger partial charge in [0.2, 0.25) is 5.91 Å². The van der Waals surface area contributed by atoms with E-state index in [9.17, 15) is 4.79 Å². The highest BCUT2D eigenvalue weighted by Gasteiger charge is 2.06. The Morgan fingerprint density at radius 2 is 2.20 bits per heavy atom. The van der Waals surface area contributed by atoms with Crippen molar-refractivity contribution in [3.05, 3.63) is 34.9 Å². The van der Waals surface area contributed by atoms with E-state index in [1.165, 1.54) is 0 Å². The molecule has 1 rings (SSSR count). The van der Waals surface area contributed by atoms with Crippen molar-refractivity contribution in [2.45, 2.75) is 19.4 Å². The largest absolute Gasteiger partial charge is 0.354 e. The summed E-state index contributed by atoms with van der Waals surface area (Å²) in [6, 6.07) is 7.13. The number of nitrogens with two attached hydrogens (primary N) is 1. The maximum absolute atomic E-state index is 11.1. The van der Waals surface area contributed by atoms with E-state index >= 15 is 0 Å². The molecule has 15 heavy (non-hydrogen) atoms. The Bertz CT molecular complexity index is 339. The van der Waals surface area contributed by atoms with Crippen LogP contribution < -0.4 is 11.1 Å². The summed E-state index contributed by atoms with van der Waals surface area (Å²) < 4.78 is 0. The van der Waals surface area contributed by atoms with Crippen molar-refractivity contribution < 1.29 is 4.79 Å². The van der Waals surface area contributed by atoms with Gasteiger partial charge in [0.25, 0.3) is 0 Å². The Morgan fingerprint density at radius 1 is 1.53 bits per heavy atom. The molecule has 3 N–H and O–H groups in total. The van der Waals surface area contributed by atoms with Crippen molar-refractivity contribution in [2.75, 3.05) is 6.54 Å². The van der Waals surface area contributed by atoms with Crippen LogP contribution in [0.5, 0.6) is 0 Å². The van der Waals surface area contributed by atoms with Crippen LogP contribution in [0.2, 0.25) is 5.02 Å². The smallest absolute Gasteiger partial charge is 0.236 e. The maximum Gasteiger partial charge on any atom is 0.236 e. The van der Waals surface area contributed by atoms with Gasteiger partial charge in [-0.05, 0) is 25.0 Å². The van der Waals surface area contributed by atoms with Crippen LogP contribution in [0.15, 0.2) is 24.3 Å². The van der Waals surface area contributed by atoms with E-state index < -0.39 is 6.04 Å². The molecule has 0 aliphatic heterocycles. The van der Waals surface area contributed by atoms with Crippen LogP contribution in [0.4, 0.5) is 0 Å². The van der Waals surface area contributed by atoms with Crippen LogP contribution in [0.25, 0.3) is 0 Å². The molecule has 0 saturated heterocycles. The third-order valence-electron chi connectivity index (χ3n) is 2.06. The summed E-state index contributed by atoms with van der Waals surface area (Å²) in [6.07, 6.45) is 0.720. The van der Waals surface area contributed by atoms with E-state index in [2.05, 4.69) is 5.32 Å². The minimum atomic E-state index is -0.462. The molecule has 0 unspecified atom stereocenters. The van der Waals surface area contributed by atoms with Gasteiger partial charge in [0, 0.05) is 11.6 Å². The molecule has 0 bridgehead atoms. The first-order valence-corrected chi connectivity index (χ1v) is 5.25. The van der Waals surface area contributed by atoms with Crippen LogP contribution in [0, 0.1) is 0 Å². The average molecular weight is 227 g/mol. The lowest BCUT2D eigenvalue weighted by Crippen LogP contribution is -2.39. The monoisotopic (exact) mass is 226 g/mol. The molecule has 4 heteroatoms. The quantitative estimate of drug-likeness (QED) is 0.814. The molecule has 1 atom stereocenters. The van der Waals surface area contributed by atoms with Gasteiger partial charge in [-0.2, -0.15) is 0 Å². The van der Waals surface area contributed by atoms with Gasteiger partial charge in [-0.15, -0.1) is 0 Å². The molecule has 0 saturated carbocycles. The van der Waals surface area contributed by atoms with Crippen LogP contribution in [-0.4, -0.2) is 18.5 Å².